The number of halogens is 1. The Morgan fingerprint density at radius 2 is 1.65 bits per heavy atom. The van der Waals surface area contributed by atoms with Gasteiger partial charge in [0.2, 0.25) is 5.95 Å². The Hall–Kier alpha value is -3.40. The Morgan fingerprint density at radius 1 is 0.978 bits per heavy atom. The quantitative estimate of drug-likeness (QED) is 0.143. The third kappa shape index (κ3) is 5.30. The highest BCUT2D eigenvalue weighted by atomic mass is 31.2. The van der Waals surface area contributed by atoms with Gasteiger partial charge in [0.15, 0.2) is 28.9 Å². The van der Waals surface area contributed by atoms with E-state index in [0.29, 0.717) is 0 Å². The number of phosphoric ester groups is 2. The number of hydrogen-bond donors (Lipinski definition) is 6. The van der Waals surface area contributed by atoms with Crippen LogP contribution in [0.25, 0.3) is 22.2 Å². The van der Waals surface area contributed by atoms with Gasteiger partial charge in [0.25, 0.3) is 11.1 Å². The van der Waals surface area contributed by atoms with Crippen molar-refractivity contribution in [2.45, 2.75) is 49.9 Å². The van der Waals surface area contributed by atoms with Crippen molar-refractivity contribution in [1.82, 2.24) is 34.1 Å². The Morgan fingerprint density at radius 3 is 2.39 bits per heavy atom. The zero-order chi connectivity index (χ0) is 32.7. The highest BCUT2D eigenvalue weighted by molar-refractivity contribution is 7.47. The molecule has 3 aliphatic rings. The van der Waals surface area contributed by atoms with E-state index in [1.165, 1.54) is 10.9 Å². The van der Waals surface area contributed by atoms with Gasteiger partial charge in [0, 0.05) is 12.1 Å². The SMILES string of the molecule is C[C@@H]1[C@@H]2OP(=O)(O)OC[C@H]3O[C@@H](n4cc(F)c5c(=O)[nH]cnc54)[C@H](OP(=O)(O)OC[C@H]2O[C@H]1n1cnc2c(=O)[nH]c(N)nc21)[C@@H]3O. The molecule has 2 bridgehead atoms. The first-order chi connectivity index (χ1) is 21.7. The highest BCUT2D eigenvalue weighted by Crippen LogP contribution is 2.54. The maximum absolute atomic E-state index is 14.7. The number of nitrogens with one attached hydrogen (secondary N) is 2. The van der Waals surface area contributed by atoms with Gasteiger partial charge in [0.05, 0.1) is 25.9 Å². The summed E-state index contributed by atoms with van der Waals surface area (Å²) in [6, 6.07) is 0. The number of fused-ring (bicyclic) bond motifs is 5. The van der Waals surface area contributed by atoms with Gasteiger partial charge in [-0.05, 0) is 0 Å². The second-order valence-corrected chi connectivity index (χ2v) is 13.6. The van der Waals surface area contributed by atoms with E-state index in [-0.39, 0.29) is 22.8 Å². The lowest BCUT2D eigenvalue weighted by molar-refractivity contribution is -0.0670. The van der Waals surface area contributed by atoms with Gasteiger partial charge in [-0.15, -0.1) is 0 Å². The molecule has 7 heterocycles. The lowest BCUT2D eigenvalue weighted by atomic mass is 10.0. The van der Waals surface area contributed by atoms with E-state index in [1.807, 2.05) is 0 Å². The van der Waals surface area contributed by atoms with E-state index in [9.17, 15) is 38.0 Å². The molecule has 2 unspecified atom stereocenters. The summed E-state index contributed by atoms with van der Waals surface area (Å²) in [6.07, 6.45) is -7.39. The number of nitrogen functional groups attached to an aromatic ring is 1. The number of aromatic amines is 2. The minimum atomic E-state index is -5.13. The zero-order valence-corrected chi connectivity index (χ0v) is 25.1. The smallest absolute Gasteiger partial charge is 0.387 e. The predicted molar refractivity (Wildman–Crippen MR) is 147 cm³/mol. The molecule has 0 amide bonds. The van der Waals surface area contributed by atoms with Crippen molar-refractivity contribution in [3.05, 3.63) is 45.4 Å². The molecule has 7 N–H and O–H groups in total. The molecule has 0 spiro atoms. The van der Waals surface area contributed by atoms with Crippen molar-refractivity contribution < 1.29 is 56.0 Å². The minimum Gasteiger partial charge on any atom is -0.387 e. The summed E-state index contributed by atoms with van der Waals surface area (Å²) in [4.78, 5) is 62.5. The van der Waals surface area contributed by atoms with E-state index in [2.05, 4.69) is 24.9 Å². The van der Waals surface area contributed by atoms with E-state index in [4.69, 9.17) is 33.3 Å². The molecule has 3 saturated heterocycles. The lowest BCUT2D eigenvalue weighted by Gasteiger charge is -2.26. The lowest BCUT2D eigenvalue weighted by Crippen LogP contribution is -2.35. The predicted octanol–water partition coefficient (Wildman–Crippen LogP) is -0.611. The molecule has 7 rings (SSSR count). The van der Waals surface area contributed by atoms with Crippen LogP contribution in [0.2, 0.25) is 0 Å². The molecule has 4 aromatic rings. The Balaban J connectivity index is 1.22. The van der Waals surface area contributed by atoms with E-state index < -0.39 is 100 Å². The Labute approximate surface area is 254 Å². The monoisotopic (exact) mass is 690 g/mol. The minimum absolute atomic E-state index is 0.0200. The van der Waals surface area contributed by atoms with Gasteiger partial charge in [-0.1, -0.05) is 6.92 Å². The highest BCUT2D eigenvalue weighted by Gasteiger charge is 2.53. The van der Waals surface area contributed by atoms with Crippen LogP contribution in [0.15, 0.2) is 28.4 Å². The number of nitrogens with two attached hydrogens (primary N) is 1. The second-order valence-electron chi connectivity index (χ2n) is 10.7. The summed E-state index contributed by atoms with van der Waals surface area (Å²) in [5.41, 5.74) is 3.91. The number of anilines is 1. The number of aliphatic hydroxyl groups is 1. The molecular formula is C22H25FN8O13P2. The molecule has 0 radical (unpaired) electrons. The standard InChI is InChI=1S/C22H25FN8O13P2/c1-7-14-10(42-20(7)31-6-27-12-17(31)28-22(24)29-19(12)34)4-40-46(37,38)44-15-13(32)9(3-39-45(35,36)43-14)41-21(15)30-2-8(23)11-16(30)25-5-26-18(11)33/h2,5-7,9-10,13-15,20-21,32H,3-4H2,1H3,(H,35,36)(H,37,38)(H,25,26,33)(H3,24,28,29,34)/t7-,9-,10-,13-,14+,15-,20-,21-/m1/s1. The van der Waals surface area contributed by atoms with Crippen LogP contribution in [0.4, 0.5) is 10.3 Å². The van der Waals surface area contributed by atoms with Crippen LogP contribution in [0.3, 0.4) is 0 Å². The average Bonchev–Trinajstić information content (AvgIpc) is 3.71. The summed E-state index contributed by atoms with van der Waals surface area (Å²) in [7, 11) is -10.1. The number of nitrogens with zero attached hydrogens (tertiary/aromatic N) is 5. The van der Waals surface area contributed by atoms with Crippen molar-refractivity contribution in [1.29, 1.82) is 0 Å². The van der Waals surface area contributed by atoms with Crippen molar-refractivity contribution in [2.75, 3.05) is 18.9 Å². The van der Waals surface area contributed by atoms with Crippen LogP contribution < -0.4 is 16.9 Å². The van der Waals surface area contributed by atoms with Gasteiger partial charge in [-0.2, -0.15) is 4.98 Å². The molecule has 24 heteroatoms. The van der Waals surface area contributed by atoms with E-state index >= 15 is 0 Å². The van der Waals surface area contributed by atoms with Gasteiger partial charge < -0.3 is 39.7 Å². The molecular weight excluding hydrogens is 665 g/mol. The molecule has 21 nitrogen and oxygen atoms in total. The summed E-state index contributed by atoms with van der Waals surface area (Å²) < 4.78 is 76.3. The third-order valence-electron chi connectivity index (χ3n) is 7.84. The molecule has 4 aromatic heterocycles. The first-order valence-electron chi connectivity index (χ1n) is 13.5. The third-order valence-corrected chi connectivity index (χ3v) is 9.81. The number of phosphoric acid groups is 2. The molecule has 46 heavy (non-hydrogen) atoms. The average molecular weight is 690 g/mol. The van der Waals surface area contributed by atoms with Crippen LogP contribution in [0.5, 0.6) is 0 Å². The van der Waals surface area contributed by atoms with Crippen molar-refractivity contribution in [3.63, 3.8) is 0 Å². The molecule has 0 aliphatic carbocycles. The van der Waals surface area contributed by atoms with Crippen LogP contribution >= 0.6 is 15.6 Å². The van der Waals surface area contributed by atoms with E-state index in [1.54, 1.807) is 6.92 Å². The van der Waals surface area contributed by atoms with Gasteiger partial charge in [-0.25, -0.2) is 23.5 Å². The van der Waals surface area contributed by atoms with Crippen molar-refractivity contribution in [2.24, 2.45) is 5.92 Å². The maximum atomic E-state index is 14.7. The van der Waals surface area contributed by atoms with Gasteiger partial charge in [0.1, 0.15) is 42.1 Å². The van der Waals surface area contributed by atoms with Crippen molar-refractivity contribution in [3.8, 4) is 0 Å². The van der Waals surface area contributed by atoms with Gasteiger partial charge >= 0.3 is 15.6 Å². The fourth-order valence-electron chi connectivity index (χ4n) is 5.77. The summed E-state index contributed by atoms with van der Waals surface area (Å²) in [5.74, 6) is -2.06. The topological polar surface area (TPSA) is 290 Å². The molecule has 3 fully saturated rings. The summed E-state index contributed by atoms with van der Waals surface area (Å²) >= 11 is 0. The number of aliphatic hydroxyl groups excluding tert-OH is 1. The van der Waals surface area contributed by atoms with Crippen LogP contribution in [-0.4, -0.2) is 92.7 Å². The first-order valence-corrected chi connectivity index (χ1v) is 16.5. The number of rotatable bonds is 2. The zero-order valence-electron chi connectivity index (χ0n) is 23.3. The first kappa shape index (κ1) is 31.2. The van der Waals surface area contributed by atoms with Crippen molar-refractivity contribution >= 4 is 43.8 Å². The van der Waals surface area contributed by atoms with Gasteiger partial charge in [-0.3, -0.25) is 37.2 Å². The second kappa shape index (κ2) is 11.1. The normalized spacial score (nSPS) is 37.2. The molecule has 0 aromatic carbocycles. The summed E-state index contributed by atoms with van der Waals surface area (Å²) in [5, 5.41) is 10.5. The maximum Gasteiger partial charge on any atom is 0.472 e. The molecule has 248 valence electrons. The number of aromatic nitrogens is 7. The van der Waals surface area contributed by atoms with Crippen LogP contribution in [-0.2, 0) is 36.7 Å². The Bertz CT molecular complexity index is 2050. The molecule has 0 saturated carbocycles. The number of hydrogen-bond acceptors (Lipinski definition) is 15. The largest absolute Gasteiger partial charge is 0.472 e. The number of H-pyrrole nitrogens is 2. The van der Waals surface area contributed by atoms with E-state index in [0.717, 1.165) is 17.1 Å². The number of ether oxygens (including phenoxy) is 2. The molecule has 10 atom stereocenters. The fraction of sp³-hybridized carbons (Fsp3) is 0.500. The van der Waals surface area contributed by atoms with Crippen LogP contribution in [0, 0.1) is 11.7 Å². The Kier molecular flexibility index (Phi) is 7.53. The molecule has 3 aliphatic heterocycles. The summed E-state index contributed by atoms with van der Waals surface area (Å²) in [6.45, 7) is -0.0203. The fourth-order valence-corrected chi connectivity index (χ4v) is 7.73. The van der Waals surface area contributed by atoms with Crippen LogP contribution in [0.1, 0.15) is 19.4 Å². The number of imidazole rings is 1.